The van der Waals surface area contributed by atoms with Crippen LogP contribution >= 0.6 is 0 Å². The van der Waals surface area contributed by atoms with Crippen LogP contribution in [0.4, 0.5) is 4.79 Å². The number of amides is 2. The SMILES string of the molecule is COCC(C)(NC(=O)CC1(NC(=O)OCC2c3ccccc3-c3ccccc32)CCC1)C(=O)O. The summed E-state index contributed by atoms with van der Waals surface area (Å²) in [5.41, 5.74) is 2.27. The van der Waals surface area contributed by atoms with Crippen LogP contribution in [0.1, 0.15) is 49.7 Å². The molecule has 34 heavy (non-hydrogen) atoms. The number of carboxylic acid groups (broad SMARTS) is 1. The highest BCUT2D eigenvalue weighted by molar-refractivity contribution is 5.87. The topological polar surface area (TPSA) is 114 Å². The van der Waals surface area contributed by atoms with Crippen LogP contribution in [-0.4, -0.2) is 54.5 Å². The van der Waals surface area contributed by atoms with Gasteiger partial charge >= 0.3 is 12.1 Å². The van der Waals surface area contributed by atoms with Crippen LogP contribution in [0.25, 0.3) is 11.1 Å². The number of ether oxygens (including phenoxy) is 2. The molecule has 2 aliphatic rings. The van der Waals surface area contributed by atoms with Gasteiger partial charge < -0.3 is 25.2 Å². The number of carbonyl (C=O) groups excluding carboxylic acids is 2. The number of hydrogen-bond acceptors (Lipinski definition) is 5. The van der Waals surface area contributed by atoms with E-state index in [1.807, 2.05) is 24.3 Å². The third-order valence-corrected chi connectivity index (χ3v) is 6.84. The summed E-state index contributed by atoms with van der Waals surface area (Å²) in [6, 6.07) is 16.2. The number of alkyl carbamates (subject to hydrolysis) is 1. The third-order valence-electron chi connectivity index (χ3n) is 6.84. The molecule has 1 atom stereocenters. The molecule has 8 heteroatoms. The number of hydrogen-bond donors (Lipinski definition) is 3. The monoisotopic (exact) mass is 466 g/mol. The van der Waals surface area contributed by atoms with E-state index in [0.29, 0.717) is 12.8 Å². The van der Waals surface area contributed by atoms with Crippen LogP contribution in [0.15, 0.2) is 48.5 Å². The van der Waals surface area contributed by atoms with E-state index >= 15 is 0 Å². The highest BCUT2D eigenvalue weighted by Crippen LogP contribution is 2.44. The summed E-state index contributed by atoms with van der Waals surface area (Å²) in [4.78, 5) is 37.0. The fraction of sp³-hybridized carbons (Fsp3) is 0.423. The molecular formula is C26H30N2O6. The molecule has 0 aromatic heterocycles. The quantitative estimate of drug-likeness (QED) is 0.522. The van der Waals surface area contributed by atoms with Crippen LogP contribution in [-0.2, 0) is 19.1 Å². The largest absolute Gasteiger partial charge is 0.479 e. The molecule has 2 aromatic rings. The Balaban J connectivity index is 1.38. The third kappa shape index (κ3) is 4.63. The van der Waals surface area contributed by atoms with E-state index in [2.05, 4.69) is 34.9 Å². The smallest absolute Gasteiger partial charge is 0.407 e. The second kappa shape index (κ2) is 9.46. The number of nitrogens with one attached hydrogen (secondary N) is 2. The van der Waals surface area contributed by atoms with E-state index in [1.54, 1.807) is 0 Å². The van der Waals surface area contributed by atoms with Gasteiger partial charge in [0.25, 0.3) is 0 Å². The summed E-state index contributed by atoms with van der Waals surface area (Å²) in [5.74, 6) is -1.69. The predicted octanol–water partition coefficient (Wildman–Crippen LogP) is 3.44. The van der Waals surface area contributed by atoms with Crippen molar-refractivity contribution in [3.05, 3.63) is 59.7 Å². The van der Waals surface area contributed by atoms with Crippen LogP contribution in [0.5, 0.6) is 0 Å². The van der Waals surface area contributed by atoms with E-state index < -0.39 is 29.0 Å². The molecule has 1 unspecified atom stereocenters. The number of aliphatic carboxylic acids is 1. The molecule has 4 rings (SSSR count). The summed E-state index contributed by atoms with van der Waals surface area (Å²) in [7, 11) is 1.37. The van der Waals surface area contributed by atoms with E-state index in [9.17, 15) is 19.5 Å². The minimum Gasteiger partial charge on any atom is -0.479 e. The lowest BCUT2D eigenvalue weighted by Gasteiger charge is -2.42. The van der Waals surface area contributed by atoms with Gasteiger partial charge in [0.2, 0.25) is 5.91 Å². The van der Waals surface area contributed by atoms with Crippen molar-refractivity contribution in [3.63, 3.8) is 0 Å². The summed E-state index contributed by atoms with van der Waals surface area (Å²) in [5, 5.41) is 14.9. The second-order valence-electron chi connectivity index (χ2n) is 9.38. The summed E-state index contributed by atoms with van der Waals surface area (Å²) in [6.45, 7) is 1.41. The fourth-order valence-corrected chi connectivity index (χ4v) is 4.90. The normalized spacial score (nSPS) is 17.5. The Morgan fingerprint density at radius 2 is 1.65 bits per heavy atom. The first-order valence-electron chi connectivity index (χ1n) is 11.4. The van der Waals surface area contributed by atoms with E-state index in [-0.39, 0.29) is 25.6 Å². The van der Waals surface area contributed by atoms with Gasteiger partial charge in [-0.2, -0.15) is 0 Å². The van der Waals surface area contributed by atoms with Crippen LogP contribution in [0.3, 0.4) is 0 Å². The van der Waals surface area contributed by atoms with Gasteiger partial charge in [0.1, 0.15) is 6.61 Å². The van der Waals surface area contributed by atoms with Crippen molar-refractivity contribution in [3.8, 4) is 11.1 Å². The molecule has 0 spiro atoms. The van der Waals surface area contributed by atoms with Crippen LogP contribution < -0.4 is 10.6 Å². The highest BCUT2D eigenvalue weighted by atomic mass is 16.5. The van der Waals surface area contributed by atoms with Crippen molar-refractivity contribution in [2.75, 3.05) is 20.3 Å². The maximum atomic E-state index is 12.7. The van der Waals surface area contributed by atoms with E-state index in [0.717, 1.165) is 28.7 Å². The van der Waals surface area contributed by atoms with Crippen molar-refractivity contribution in [2.45, 2.75) is 49.6 Å². The zero-order valence-corrected chi connectivity index (χ0v) is 19.4. The number of carbonyl (C=O) groups is 3. The summed E-state index contributed by atoms with van der Waals surface area (Å²) < 4.78 is 10.6. The molecule has 3 N–H and O–H groups in total. The number of methoxy groups -OCH3 is 1. The standard InChI is InChI=1S/C26H30N2O6/c1-25(16-33-2,23(30)31)27-22(29)14-26(12-7-13-26)28-24(32)34-15-21-19-10-5-3-8-17(19)18-9-4-6-11-20(18)21/h3-6,8-11,21H,7,12-16H2,1-2H3,(H,27,29)(H,28,32)(H,30,31). The molecule has 180 valence electrons. The van der Waals surface area contributed by atoms with Gasteiger partial charge in [0.15, 0.2) is 5.54 Å². The average molecular weight is 467 g/mol. The van der Waals surface area contributed by atoms with Gasteiger partial charge in [-0.1, -0.05) is 48.5 Å². The molecule has 8 nitrogen and oxygen atoms in total. The Hall–Kier alpha value is -3.39. The van der Waals surface area contributed by atoms with Crippen molar-refractivity contribution in [1.82, 2.24) is 10.6 Å². The molecule has 2 amide bonds. The number of carboxylic acids is 1. The first kappa shape index (κ1) is 23.8. The molecular weight excluding hydrogens is 436 g/mol. The van der Waals surface area contributed by atoms with Crippen molar-refractivity contribution >= 4 is 18.0 Å². The number of rotatable bonds is 9. The first-order chi connectivity index (χ1) is 16.3. The second-order valence-corrected chi connectivity index (χ2v) is 9.38. The highest BCUT2D eigenvalue weighted by Gasteiger charge is 2.43. The van der Waals surface area contributed by atoms with Gasteiger partial charge in [-0.05, 0) is 48.4 Å². The number of fused-ring (bicyclic) bond motifs is 3. The Bertz CT molecular complexity index is 1050. The summed E-state index contributed by atoms with van der Waals surface area (Å²) >= 11 is 0. The zero-order valence-electron chi connectivity index (χ0n) is 19.4. The Morgan fingerprint density at radius 3 is 2.15 bits per heavy atom. The predicted molar refractivity (Wildman–Crippen MR) is 125 cm³/mol. The molecule has 1 fully saturated rings. The molecule has 2 aromatic carbocycles. The van der Waals surface area contributed by atoms with Crippen molar-refractivity contribution < 1.29 is 29.0 Å². The van der Waals surface area contributed by atoms with Gasteiger partial charge in [0.05, 0.1) is 12.1 Å². The van der Waals surface area contributed by atoms with Gasteiger partial charge in [0, 0.05) is 19.4 Å². The van der Waals surface area contributed by atoms with Gasteiger partial charge in [-0.15, -0.1) is 0 Å². The molecule has 2 aliphatic carbocycles. The lowest BCUT2D eigenvalue weighted by molar-refractivity contribution is -0.149. The molecule has 0 radical (unpaired) electrons. The molecule has 0 aliphatic heterocycles. The van der Waals surface area contributed by atoms with E-state index in [4.69, 9.17) is 9.47 Å². The maximum Gasteiger partial charge on any atom is 0.407 e. The van der Waals surface area contributed by atoms with E-state index in [1.165, 1.54) is 14.0 Å². The van der Waals surface area contributed by atoms with Crippen molar-refractivity contribution in [1.29, 1.82) is 0 Å². The molecule has 0 saturated heterocycles. The molecule has 0 heterocycles. The Labute approximate surface area is 198 Å². The van der Waals surface area contributed by atoms with Gasteiger partial charge in [-0.25, -0.2) is 9.59 Å². The first-order valence-corrected chi connectivity index (χ1v) is 11.4. The minimum atomic E-state index is -1.54. The van der Waals surface area contributed by atoms with Gasteiger partial charge in [-0.3, -0.25) is 4.79 Å². The lowest BCUT2D eigenvalue weighted by atomic mass is 9.74. The average Bonchev–Trinajstić information content (AvgIpc) is 3.10. The zero-order chi connectivity index (χ0) is 24.3. The molecule has 0 bridgehead atoms. The lowest BCUT2D eigenvalue weighted by Crippen LogP contribution is -2.60. The fourth-order valence-electron chi connectivity index (χ4n) is 4.90. The maximum absolute atomic E-state index is 12.7. The Kier molecular flexibility index (Phi) is 6.61. The summed E-state index contributed by atoms with van der Waals surface area (Å²) in [6.07, 6.45) is 1.51. The minimum absolute atomic E-state index is 0.0240. The molecule has 1 saturated carbocycles. The Morgan fingerprint density at radius 1 is 1.06 bits per heavy atom. The van der Waals surface area contributed by atoms with Crippen molar-refractivity contribution in [2.24, 2.45) is 0 Å². The number of benzene rings is 2. The van der Waals surface area contributed by atoms with Crippen LogP contribution in [0, 0.1) is 0 Å². The van der Waals surface area contributed by atoms with Crippen LogP contribution in [0.2, 0.25) is 0 Å².